The van der Waals surface area contributed by atoms with E-state index in [1.807, 2.05) is 61.5 Å². The molecule has 0 fully saturated rings. The molecule has 0 bridgehead atoms. The van der Waals surface area contributed by atoms with Crippen LogP contribution < -0.4 is 10.1 Å². The monoisotopic (exact) mass is 301 g/mol. The van der Waals surface area contributed by atoms with Crippen molar-refractivity contribution in [3.8, 4) is 5.75 Å². The van der Waals surface area contributed by atoms with Crippen LogP contribution in [0.4, 0.5) is 0 Å². The molecule has 0 aliphatic carbocycles. The van der Waals surface area contributed by atoms with E-state index in [0.717, 1.165) is 16.9 Å². The fourth-order valence-corrected chi connectivity index (χ4v) is 2.14. The van der Waals surface area contributed by atoms with Crippen LogP contribution in [0.25, 0.3) is 0 Å². The number of ether oxygens (including phenoxy) is 1. The summed E-state index contributed by atoms with van der Waals surface area (Å²) in [6.07, 6.45) is -1.20. The van der Waals surface area contributed by atoms with Crippen molar-refractivity contribution in [2.24, 2.45) is 0 Å². The Morgan fingerprint density at radius 1 is 0.955 bits per heavy atom. The third-order valence-electron chi connectivity index (χ3n) is 3.43. The van der Waals surface area contributed by atoms with E-state index < -0.39 is 12.2 Å². The summed E-state index contributed by atoms with van der Waals surface area (Å²) in [5.41, 5.74) is 1.91. The van der Waals surface area contributed by atoms with Gasteiger partial charge in [0, 0.05) is 13.1 Å². The number of aryl methyl sites for hydroxylation is 1. The van der Waals surface area contributed by atoms with Gasteiger partial charge in [-0.25, -0.2) is 0 Å². The number of aliphatic hydroxyl groups excluding tert-OH is 2. The second-order valence-electron chi connectivity index (χ2n) is 5.32. The minimum Gasteiger partial charge on any atom is -0.491 e. The molecule has 0 aromatic heterocycles. The second-order valence-corrected chi connectivity index (χ2v) is 5.32. The van der Waals surface area contributed by atoms with Crippen LogP contribution in [0, 0.1) is 6.92 Å². The molecule has 3 N–H and O–H groups in total. The largest absolute Gasteiger partial charge is 0.491 e. The van der Waals surface area contributed by atoms with E-state index in [1.54, 1.807) is 0 Å². The lowest BCUT2D eigenvalue weighted by molar-refractivity contribution is 0.0993. The van der Waals surface area contributed by atoms with Crippen molar-refractivity contribution in [3.63, 3.8) is 0 Å². The van der Waals surface area contributed by atoms with Gasteiger partial charge in [0.2, 0.25) is 0 Å². The average molecular weight is 301 g/mol. The number of hydrogen-bond acceptors (Lipinski definition) is 4. The van der Waals surface area contributed by atoms with Crippen LogP contribution in [-0.2, 0) is 0 Å². The van der Waals surface area contributed by atoms with Gasteiger partial charge in [-0.15, -0.1) is 0 Å². The molecular formula is C18H23NO3. The zero-order valence-electron chi connectivity index (χ0n) is 12.8. The molecule has 118 valence electrons. The fraction of sp³-hybridized carbons (Fsp3) is 0.333. The topological polar surface area (TPSA) is 61.7 Å². The molecule has 0 spiro atoms. The smallest absolute Gasteiger partial charge is 0.122 e. The van der Waals surface area contributed by atoms with Gasteiger partial charge in [0.15, 0.2) is 0 Å². The minimum atomic E-state index is -0.623. The van der Waals surface area contributed by atoms with Gasteiger partial charge < -0.3 is 20.3 Å². The van der Waals surface area contributed by atoms with Crippen molar-refractivity contribution in [2.75, 3.05) is 19.7 Å². The molecule has 0 amide bonds. The van der Waals surface area contributed by atoms with Crippen LogP contribution in [0.2, 0.25) is 0 Å². The van der Waals surface area contributed by atoms with Crippen LogP contribution >= 0.6 is 0 Å². The van der Waals surface area contributed by atoms with E-state index in [4.69, 9.17) is 4.74 Å². The van der Waals surface area contributed by atoms with Crippen molar-refractivity contribution in [2.45, 2.75) is 19.1 Å². The van der Waals surface area contributed by atoms with Gasteiger partial charge in [0.1, 0.15) is 18.5 Å². The average Bonchev–Trinajstić information content (AvgIpc) is 2.55. The molecule has 4 heteroatoms. The molecule has 22 heavy (non-hydrogen) atoms. The molecule has 0 saturated carbocycles. The fourth-order valence-electron chi connectivity index (χ4n) is 2.14. The van der Waals surface area contributed by atoms with Gasteiger partial charge in [-0.2, -0.15) is 0 Å². The van der Waals surface area contributed by atoms with E-state index in [-0.39, 0.29) is 6.61 Å². The van der Waals surface area contributed by atoms with Crippen LogP contribution in [-0.4, -0.2) is 36.0 Å². The van der Waals surface area contributed by atoms with Crippen molar-refractivity contribution in [3.05, 3.63) is 65.7 Å². The number of aliphatic hydroxyl groups is 2. The zero-order valence-corrected chi connectivity index (χ0v) is 12.8. The Morgan fingerprint density at radius 2 is 1.64 bits per heavy atom. The van der Waals surface area contributed by atoms with Gasteiger partial charge in [-0.1, -0.05) is 48.5 Å². The molecule has 0 radical (unpaired) electrons. The Labute approximate surface area is 131 Å². The molecule has 0 unspecified atom stereocenters. The maximum Gasteiger partial charge on any atom is 0.122 e. The van der Waals surface area contributed by atoms with Crippen molar-refractivity contribution in [1.29, 1.82) is 0 Å². The molecule has 2 aromatic carbocycles. The maximum atomic E-state index is 10.0. The Hall–Kier alpha value is -1.88. The van der Waals surface area contributed by atoms with E-state index in [2.05, 4.69) is 5.32 Å². The molecule has 0 heterocycles. The number of benzene rings is 2. The standard InChI is InChI=1S/C18H23NO3/c1-14-7-5-6-10-18(14)22-13-16(20)11-19-12-17(21)15-8-3-2-4-9-15/h2-10,16-17,19-21H,11-13H2,1H3/t16-,17+/m0/s1. The van der Waals surface area contributed by atoms with Crippen LogP contribution in [0.15, 0.2) is 54.6 Å². The predicted octanol–water partition coefficient (Wildman–Crippen LogP) is 2.06. The number of nitrogens with one attached hydrogen (secondary N) is 1. The quantitative estimate of drug-likeness (QED) is 0.698. The van der Waals surface area contributed by atoms with Crippen LogP contribution in [0.5, 0.6) is 5.75 Å². The van der Waals surface area contributed by atoms with Gasteiger partial charge in [-0.3, -0.25) is 0 Å². The summed E-state index contributed by atoms with van der Waals surface area (Å²) in [4.78, 5) is 0. The van der Waals surface area contributed by atoms with Crippen molar-refractivity contribution < 1.29 is 14.9 Å². The zero-order chi connectivity index (χ0) is 15.8. The molecule has 0 aliphatic heterocycles. The Morgan fingerprint density at radius 3 is 2.36 bits per heavy atom. The highest BCUT2D eigenvalue weighted by molar-refractivity contribution is 5.31. The lowest BCUT2D eigenvalue weighted by Gasteiger charge is -2.16. The highest BCUT2D eigenvalue weighted by Gasteiger charge is 2.09. The van der Waals surface area contributed by atoms with Gasteiger partial charge in [0.25, 0.3) is 0 Å². The molecule has 0 saturated heterocycles. The molecular weight excluding hydrogens is 278 g/mol. The van der Waals surface area contributed by atoms with E-state index in [1.165, 1.54) is 0 Å². The molecule has 4 nitrogen and oxygen atoms in total. The number of hydrogen-bond donors (Lipinski definition) is 3. The first-order chi connectivity index (χ1) is 10.7. The summed E-state index contributed by atoms with van der Waals surface area (Å²) in [5, 5.41) is 23.0. The summed E-state index contributed by atoms with van der Waals surface area (Å²) in [6.45, 7) is 2.96. The Bertz CT molecular complexity index is 559. The lowest BCUT2D eigenvalue weighted by Crippen LogP contribution is -2.33. The van der Waals surface area contributed by atoms with Crippen LogP contribution in [0.1, 0.15) is 17.2 Å². The van der Waals surface area contributed by atoms with Crippen molar-refractivity contribution >= 4 is 0 Å². The van der Waals surface area contributed by atoms with E-state index >= 15 is 0 Å². The van der Waals surface area contributed by atoms with Gasteiger partial charge >= 0.3 is 0 Å². The summed E-state index contributed by atoms with van der Waals surface area (Å²) in [6, 6.07) is 17.2. The highest BCUT2D eigenvalue weighted by atomic mass is 16.5. The highest BCUT2D eigenvalue weighted by Crippen LogP contribution is 2.16. The maximum absolute atomic E-state index is 10.0. The summed E-state index contributed by atoms with van der Waals surface area (Å²) < 4.78 is 5.59. The third-order valence-corrected chi connectivity index (χ3v) is 3.43. The summed E-state index contributed by atoms with van der Waals surface area (Å²) in [7, 11) is 0. The van der Waals surface area contributed by atoms with E-state index in [0.29, 0.717) is 13.1 Å². The van der Waals surface area contributed by atoms with Gasteiger partial charge in [0.05, 0.1) is 6.10 Å². The minimum absolute atomic E-state index is 0.222. The second kappa shape index (κ2) is 8.54. The first kappa shape index (κ1) is 16.5. The lowest BCUT2D eigenvalue weighted by atomic mass is 10.1. The molecule has 0 aliphatic rings. The Balaban J connectivity index is 1.68. The van der Waals surface area contributed by atoms with Crippen LogP contribution in [0.3, 0.4) is 0 Å². The van der Waals surface area contributed by atoms with E-state index in [9.17, 15) is 10.2 Å². The van der Waals surface area contributed by atoms with Gasteiger partial charge in [-0.05, 0) is 24.1 Å². The summed E-state index contributed by atoms with van der Waals surface area (Å²) >= 11 is 0. The first-order valence-corrected chi connectivity index (χ1v) is 7.47. The normalized spacial score (nSPS) is 13.6. The molecule has 2 aromatic rings. The van der Waals surface area contributed by atoms with Crippen molar-refractivity contribution in [1.82, 2.24) is 5.32 Å². The Kier molecular flexibility index (Phi) is 6.40. The number of para-hydroxylation sites is 1. The SMILES string of the molecule is Cc1ccccc1OC[C@@H](O)CNC[C@@H](O)c1ccccc1. The summed E-state index contributed by atoms with van der Waals surface area (Å²) in [5.74, 6) is 0.783. The number of rotatable bonds is 8. The first-order valence-electron chi connectivity index (χ1n) is 7.47. The molecule has 2 atom stereocenters. The third kappa shape index (κ3) is 5.15. The molecule has 2 rings (SSSR count). The predicted molar refractivity (Wildman–Crippen MR) is 87.0 cm³/mol.